The summed E-state index contributed by atoms with van der Waals surface area (Å²) in [6.45, 7) is 5.93. The van der Waals surface area contributed by atoms with E-state index in [-0.39, 0.29) is 23.8 Å². The highest BCUT2D eigenvalue weighted by Crippen LogP contribution is 2.29. The first-order chi connectivity index (χ1) is 22.7. The summed E-state index contributed by atoms with van der Waals surface area (Å²) < 4.78 is 35.3. The molecule has 0 aliphatic heterocycles. The highest BCUT2D eigenvalue weighted by molar-refractivity contribution is 7.92. The van der Waals surface area contributed by atoms with Crippen molar-refractivity contribution in [3.63, 3.8) is 0 Å². The summed E-state index contributed by atoms with van der Waals surface area (Å²) in [6, 6.07) is 29.8. The number of rotatable bonds is 16. The lowest BCUT2D eigenvalue weighted by Crippen LogP contribution is -2.53. The highest BCUT2D eigenvalue weighted by atomic mass is 32.2. The fourth-order valence-electron chi connectivity index (χ4n) is 5.43. The van der Waals surface area contributed by atoms with Gasteiger partial charge < -0.3 is 15.0 Å². The molecule has 0 spiro atoms. The van der Waals surface area contributed by atoms with Crippen LogP contribution in [0.3, 0.4) is 0 Å². The molecule has 0 heterocycles. The SMILES string of the molecule is CCCCNC(=O)[C@H](Cc1ccccc1)N(Cc1cccc(OC)c1)C(=O)CN(c1ccccc1CC)S(=O)(=O)c1ccc(C)cc1. The standard InChI is InChI=1S/C38H45N3O5S/c1-5-7-24-39-38(43)36(26-30-14-9-8-10-15-30)40(27-31-16-13-18-33(25-31)46-4)37(42)28-41(35-19-12-11-17-32(35)6-2)47(44,45)34-22-20-29(3)21-23-34/h8-23,25,36H,5-7,24,26-28H2,1-4H3,(H,39,43)/t36-/m0/s1. The van der Waals surface area contributed by atoms with E-state index in [1.165, 1.54) is 9.21 Å². The zero-order valence-electron chi connectivity index (χ0n) is 27.7. The summed E-state index contributed by atoms with van der Waals surface area (Å²) in [5.41, 5.74) is 3.76. The number of carbonyl (C=O) groups is 2. The maximum Gasteiger partial charge on any atom is 0.264 e. The summed E-state index contributed by atoms with van der Waals surface area (Å²) in [5.74, 6) is -0.177. The van der Waals surface area contributed by atoms with E-state index in [0.717, 1.165) is 35.1 Å². The number of hydrogen-bond acceptors (Lipinski definition) is 5. The molecule has 0 radical (unpaired) electrons. The summed E-state index contributed by atoms with van der Waals surface area (Å²) in [4.78, 5) is 30.2. The number of sulfonamides is 1. The van der Waals surface area contributed by atoms with E-state index in [4.69, 9.17) is 4.74 Å². The predicted molar refractivity (Wildman–Crippen MR) is 187 cm³/mol. The van der Waals surface area contributed by atoms with Gasteiger partial charge in [0.15, 0.2) is 0 Å². The van der Waals surface area contributed by atoms with Crippen LogP contribution in [0.4, 0.5) is 5.69 Å². The van der Waals surface area contributed by atoms with Crippen LogP contribution in [0.15, 0.2) is 108 Å². The van der Waals surface area contributed by atoms with Crippen molar-refractivity contribution in [1.82, 2.24) is 10.2 Å². The van der Waals surface area contributed by atoms with Gasteiger partial charge in [0, 0.05) is 19.5 Å². The Hall–Kier alpha value is -4.63. The van der Waals surface area contributed by atoms with Gasteiger partial charge in [-0.05, 0) is 66.8 Å². The summed E-state index contributed by atoms with van der Waals surface area (Å²) in [6.07, 6.45) is 2.52. The zero-order valence-corrected chi connectivity index (χ0v) is 28.5. The monoisotopic (exact) mass is 655 g/mol. The summed E-state index contributed by atoms with van der Waals surface area (Å²) in [7, 11) is -2.60. The first-order valence-corrected chi connectivity index (χ1v) is 17.5. The number of para-hydroxylation sites is 1. The third kappa shape index (κ3) is 9.23. The van der Waals surface area contributed by atoms with E-state index in [1.807, 2.05) is 87.5 Å². The van der Waals surface area contributed by atoms with Crippen molar-refractivity contribution in [2.75, 3.05) is 24.5 Å². The molecule has 0 bridgehead atoms. The van der Waals surface area contributed by atoms with Crippen molar-refractivity contribution < 1.29 is 22.7 Å². The van der Waals surface area contributed by atoms with E-state index in [2.05, 4.69) is 5.32 Å². The van der Waals surface area contributed by atoms with Gasteiger partial charge in [0.1, 0.15) is 18.3 Å². The number of unbranched alkanes of at least 4 members (excludes halogenated alkanes) is 1. The molecule has 0 aliphatic carbocycles. The molecule has 0 fully saturated rings. The number of benzene rings is 4. The molecular weight excluding hydrogens is 611 g/mol. The van der Waals surface area contributed by atoms with Crippen LogP contribution in [0.2, 0.25) is 0 Å². The molecule has 0 saturated heterocycles. The Kier molecular flexibility index (Phi) is 12.6. The fraction of sp³-hybridized carbons (Fsp3) is 0.316. The molecule has 4 aromatic rings. The fourth-order valence-corrected chi connectivity index (χ4v) is 6.88. The van der Waals surface area contributed by atoms with Gasteiger partial charge in [0.05, 0.1) is 17.7 Å². The van der Waals surface area contributed by atoms with Crippen molar-refractivity contribution in [3.8, 4) is 5.75 Å². The first-order valence-electron chi connectivity index (χ1n) is 16.1. The Morgan fingerprint density at radius 1 is 0.851 bits per heavy atom. The minimum Gasteiger partial charge on any atom is -0.497 e. The number of nitrogens with zero attached hydrogens (tertiary/aromatic N) is 2. The van der Waals surface area contributed by atoms with E-state index in [0.29, 0.717) is 24.4 Å². The van der Waals surface area contributed by atoms with Crippen molar-refractivity contribution in [3.05, 3.63) is 125 Å². The number of ether oxygens (including phenoxy) is 1. The third-order valence-electron chi connectivity index (χ3n) is 8.12. The quantitative estimate of drug-likeness (QED) is 0.143. The number of anilines is 1. The third-order valence-corrected chi connectivity index (χ3v) is 9.89. The van der Waals surface area contributed by atoms with Crippen LogP contribution < -0.4 is 14.4 Å². The second-order valence-corrected chi connectivity index (χ2v) is 13.4. The average molecular weight is 656 g/mol. The lowest BCUT2D eigenvalue weighted by molar-refractivity contribution is -0.140. The Morgan fingerprint density at radius 2 is 1.53 bits per heavy atom. The zero-order chi connectivity index (χ0) is 33.8. The van der Waals surface area contributed by atoms with E-state index >= 15 is 0 Å². The molecule has 1 N–H and O–H groups in total. The Morgan fingerprint density at radius 3 is 2.21 bits per heavy atom. The molecular formula is C38H45N3O5S. The molecule has 4 aromatic carbocycles. The Bertz CT molecular complexity index is 1730. The largest absolute Gasteiger partial charge is 0.497 e. The minimum absolute atomic E-state index is 0.0720. The van der Waals surface area contributed by atoms with Crippen LogP contribution in [0.5, 0.6) is 5.75 Å². The number of amides is 2. The molecule has 9 heteroatoms. The molecule has 2 amide bonds. The van der Waals surface area contributed by atoms with Crippen molar-refractivity contribution in [1.29, 1.82) is 0 Å². The van der Waals surface area contributed by atoms with Crippen LogP contribution in [0.1, 0.15) is 48.9 Å². The molecule has 4 rings (SSSR count). The summed E-state index contributed by atoms with van der Waals surface area (Å²) in [5, 5.41) is 3.02. The van der Waals surface area contributed by atoms with Crippen molar-refractivity contribution in [2.24, 2.45) is 0 Å². The van der Waals surface area contributed by atoms with E-state index in [1.54, 1.807) is 43.5 Å². The number of hydrogen-bond donors (Lipinski definition) is 1. The number of aryl methyl sites for hydroxylation is 2. The van der Waals surface area contributed by atoms with Crippen LogP contribution >= 0.6 is 0 Å². The molecule has 1 atom stereocenters. The van der Waals surface area contributed by atoms with Gasteiger partial charge in [-0.3, -0.25) is 13.9 Å². The molecule has 0 unspecified atom stereocenters. The van der Waals surface area contributed by atoms with Gasteiger partial charge >= 0.3 is 0 Å². The highest BCUT2D eigenvalue weighted by Gasteiger charge is 2.35. The van der Waals surface area contributed by atoms with Crippen molar-refractivity contribution in [2.45, 2.75) is 63.9 Å². The lowest BCUT2D eigenvalue weighted by atomic mass is 10.0. The molecule has 8 nitrogen and oxygen atoms in total. The normalized spacial score (nSPS) is 11.8. The molecule has 248 valence electrons. The second-order valence-electron chi connectivity index (χ2n) is 11.5. The molecule has 47 heavy (non-hydrogen) atoms. The van der Waals surface area contributed by atoms with Gasteiger partial charge in [-0.15, -0.1) is 0 Å². The second kappa shape index (κ2) is 16.8. The van der Waals surface area contributed by atoms with Crippen molar-refractivity contribution >= 4 is 27.5 Å². The van der Waals surface area contributed by atoms with Gasteiger partial charge in [-0.1, -0.05) is 98.6 Å². The molecule has 0 aromatic heterocycles. The van der Waals surface area contributed by atoms with Crippen LogP contribution in [-0.4, -0.2) is 51.4 Å². The molecule has 0 saturated carbocycles. The topological polar surface area (TPSA) is 96.0 Å². The van der Waals surface area contributed by atoms with Gasteiger partial charge in [-0.2, -0.15) is 0 Å². The van der Waals surface area contributed by atoms with Gasteiger partial charge in [-0.25, -0.2) is 8.42 Å². The number of carbonyl (C=O) groups excluding carboxylic acids is 2. The van der Waals surface area contributed by atoms with Crippen LogP contribution in [-0.2, 0) is 39.0 Å². The van der Waals surface area contributed by atoms with E-state index in [9.17, 15) is 18.0 Å². The van der Waals surface area contributed by atoms with Gasteiger partial charge in [0.25, 0.3) is 10.0 Å². The smallest absolute Gasteiger partial charge is 0.264 e. The van der Waals surface area contributed by atoms with Gasteiger partial charge in [0.2, 0.25) is 11.8 Å². The predicted octanol–water partition coefficient (Wildman–Crippen LogP) is 6.32. The maximum absolute atomic E-state index is 14.7. The number of nitrogens with one attached hydrogen (secondary N) is 1. The minimum atomic E-state index is -4.17. The summed E-state index contributed by atoms with van der Waals surface area (Å²) >= 11 is 0. The van der Waals surface area contributed by atoms with Crippen LogP contribution in [0.25, 0.3) is 0 Å². The number of methoxy groups -OCH3 is 1. The first kappa shape index (κ1) is 35.2. The average Bonchev–Trinajstić information content (AvgIpc) is 3.09. The van der Waals surface area contributed by atoms with Crippen LogP contribution in [0, 0.1) is 6.92 Å². The maximum atomic E-state index is 14.7. The molecule has 0 aliphatic rings. The Balaban J connectivity index is 1.82. The van der Waals surface area contributed by atoms with E-state index < -0.39 is 28.5 Å². The Labute approximate surface area is 279 Å². The lowest BCUT2D eigenvalue weighted by Gasteiger charge is -2.34.